The molecule has 0 unspecified atom stereocenters. The predicted molar refractivity (Wildman–Crippen MR) is 79.9 cm³/mol. The maximum absolute atomic E-state index is 11.5. The number of piperazine rings is 1. The van der Waals surface area contributed by atoms with E-state index < -0.39 is 0 Å². The van der Waals surface area contributed by atoms with E-state index in [-0.39, 0.29) is 5.97 Å². The van der Waals surface area contributed by atoms with E-state index in [0.717, 1.165) is 65.1 Å². The lowest BCUT2D eigenvalue weighted by Crippen LogP contribution is -2.48. The molecule has 0 radical (unpaired) electrons. The molecule has 120 valence electrons. The smallest absolute Gasteiger partial charge is 0.320 e. The van der Waals surface area contributed by atoms with Crippen LogP contribution in [0.1, 0.15) is 19.8 Å². The average Bonchev–Trinajstić information content (AvgIpc) is 2.50. The number of ether oxygens (including phenoxy) is 1. The summed E-state index contributed by atoms with van der Waals surface area (Å²) < 4.78 is 4.99. The molecule has 2 fully saturated rings. The molecule has 0 spiro atoms. The van der Waals surface area contributed by atoms with Crippen molar-refractivity contribution in [3.8, 4) is 0 Å². The Morgan fingerprint density at radius 2 is 1.76 bits per heavy atom. The Labute approximate surface area is 127 Å². The highest BCUT2D eigenvalue weighted by Gasteiger charge is 2.24. The zero-order valence-electron chi connectivity index (χ0n) is 13.0. The number of nitrogens with zero attached hydrogens (tertiary/aromatic N) is 3. The van der Waals surface area contributed by atoms with Crippen LogP contribution in [0.3, 0.4) is 0 Å². The Bertz CT molecular complexity index is 335. The highest BCUT2D eigenvalue weighted by molar-refractivity contribution is 5.71. The number of likely N-dealkylation sites (tertiary alicyclic amines) is 1. The maximum Gasteiger partial charge on any atom is 0.320 e. The van der Waals surface area contributed by atoms with Crippen molar-refractivity contribution in [2.24, 2.45) is 5.92 Å². The van der Waals surface area contributed by atoms with Gasteiger partial charge in [-0.2, -0.15) is 0 Å². The normalized spacial score (nSPS) is 22.2. The second-order valence-corrected chi connectivity index (χ2v) is 5.97. The molecule has 2 aliphatic heterocycles. The van der Waals surface area contributed by atoms with Crippen molar-refractivity contribution >= 4 is 12.4 Å². The Hall–Kier alpha value is -1.14. The van der Waals surface area contributed by atoms with Crippen LogP contribution in [0.2, 0.25) is 0 Å². The fraction of sp³-hybridized carbons (Fsp3) is 0.867. The Kier molecular flexibility index (Phi) is 6.45. The molecular weight excluding hydrogens is 270 g/mol. The van der Waals surface area contributed by atoms with Gasteiger partial charge in [-0.25, -0.2) is 0 Å². The van der Waals surface area contributed by atoms with Crippen LogP contribution >= 0.6 is 0 Å². The number of piperidine rings is 1. The summed E-state index contributed by atoms with van der Waals surface area (Å²) in [6.07, 6.45) is 3.24. The fourth-order valence-corrected chi connectivity index (χ4v) is 3.13. The van der Waals surface area contributed by atoms with Gasteiger partial charge in [0.25, 0.3) is 0 Å². The third-order valence-electron chi connectivity index (χ3n) is 4.44. The van der Waals surface area contributed by atoms with Gasteiger partial charge in [0.15, 0.2) is 0 Å². The number of hydrogen-bond donors (Lipinski definition) is 0. The highest BCUT2D eigenvalue weighted by atomic mass is 16.5. The summed E-state index contributed by atoms with van der Waals surface area (Å²) in [4.78, 5) is 28.7. The van der Waals surface area contributed by atoms with Crippen molar-refractivity contribution in [3.05, 3.63) is 0 Å². The van der Waals surface area contributed by atoms with Crippen LogP contribution in [-0.4, -0.2) is 86.0 Å². The first-order valence-corrected chi connectivity index (χ1v) is 8.01. The number of esters is 1. The van der Waals surface area contributed by atoms with Crippen LogP contribution in [0.4, 0.5) is 0 Å². The van der Waals surface area contributed by atoms with Gasteiger partial charge >= 0.3 is 5.97 Å². The van der Waals surface area contributed by atoms with Crippen molar-refractivity contribution < 1.29 is 14.3 Å². The average molecular weight is 297 g/mol. The zero-order valence-corrected chi connectivity index (χ0v) is 13.0. The van der Waals surface area contributed by atoms with Crippen molar-refractivity contribution in [3.63, 3.8) is 0 Å². The Morgan fingerprint density at radius 3 is 2.33 bits per heavy atom. The molecular formula is C15H27N3O3. The summed E-state index contributed by atoms with van der Waals surface area (Å²) in [6.45, 7) is 9.50. The molecule has 0 aliphatic carbocycles. The summed E-state index contributed by atoms with van der Waals surface area (Å²) in [6, 6.07) is 0. The van der Waals surface area contributed by atoms with E-state index in [1.165, 1.54) is 0 Å². The third kappa shape index (κ3) is 5.28. The van der Waals surface area contributed by atoms with Gasteiger partial charge < -0.3 is 9.64 Å². The summed E-state index contributed by atoms with van der Waals surface area (Å²) in [7, 11) is 0. The summed E-state index contributed by atoms with van der Waals surface area (Å²) in [5, 5.41) is 0. The minimum Gasteiger partial charge on any atom is -0.465 e. The topological polar surface area (TPSA) is 53.1 Å². The van der Waals surface area contributed by atoms with Crippen LogP contribution in [-0.2, 0) is 14.3 Å². The van der Waals surface area contributed by atoms with E-state index in [9.17, 15) is 9.59 Å². The second-order valence-electron chi connectivity index (χ2n) is 5.97. The van der Waals surface area contributed by atoms with E-state index >= 15 is 0 Å². The number of carbonyl (C=O) groups is 2. The molecule has 0 aromatic heterocycles. The van der Waals surface area contributed by atoms with Crippen molar-refractivity contribution in [2.75, 3.05) is 59.0 Å². The molecule has 2 saturated heterocycles. The standard InChI is InChI=1S/C15H27N3O3/c1-2-21-15(20)12-16-5-3-14(4-6-16)11-17-7-9-18(13-19)10-8-17/h13-14H,2-12H2,1H3. The number of hydrogen-bond acceptors (Lipinski definition) is 5. The van der Waals surface area contributed by atoms with Gasteiger partial charge in [-0.3, -0.25) is 19.4 Å². The molecule has 6 nitrogen and oxygen atoms in total. The molecule has 2 rings (SSSR count). The molecule has 0 saturated carbocycles. The van der Waals surface area contributed by atoms with Crippen molar-refractivity contribution in [1.82, 2.24) is 14.7 Å². The molecule has 2 aliphatic rings. The fourth-order valence-electron chi connectivity index (χ4n) is 3.13. The lowest BCUT2D eigenvalue weighted by molar-refractivity contribution is -0.144. The summed E-state index contributed by atoms with van der Waals surface area (Å²) in [5.74, 6) is 0.604. The molecule has 6 heteroatoms. The van der Waals surface area contributed by atoms with Gasteiger partial charge in [-0.15, -0.1) is 0 Å². The lowest BCUT2D eigenvalue weighted by Gasteiger charge is -2.37. The predicted octanol–water partition coefficient (Wildman–Crippen LogP) is 0.0355. The Balaban J connectivity index is 1.63. The van der Waals surface area contributed by atoms with Gasteiger partial charge in [0, 0.05) is 32.7 Å². The van der Waals surface area contributed by atoms with Crippen molar-refractivity contribution in [1.29, 1.82) is 0 Å². The second kappa shape index (κ2) is 8.34. The molecule has 1 amide bonds. The van der Waals surface area contributed by atoms with E-state index in [4.69, 9.17) is 4.74 Å². The van der Waals surface area contributed by atoms with Crippen LogP contribution in [0, 0.1) is 5.92 Å². The van der Waals surface area contributed by atoms with Crippen LogP contribution in [0.25, 0.3) is 0 Å². The van der Waals surface area contributed by atoms with E-state index in [2.05, 4.69) is 9.80 Å². The van der Waals surface area contributed by atoms with Crippen molar-refractivity contribution in [2.45, 2.75) is 19.8 Å². The molecule has 0 bridgehead atoms. The van der Waals surface area contributed by atoms with E-state index in [1.54, 1.807) is 0 Å². The number of rotatable bonds is 6. The molecule has 21 heavy (non-hydrogen) atoms. The molecule has 0 aromatic carbocycles. The minimum absolute atomic E-state index is 0.110. The molecule has 0 atom stereocenters. The maximum atomic E-state index is 11.5. The number of carbonyl (C=O) groups excluding carboxylic acids is 2. The minimum atomic E-state index is -0.110. The summed E-state index contributed by atoms with van der Waals surface area (Å²) in [5.41, 5.74) is 0. The summed E-state index contributed by atoms with van der Waals surface area (Å²) >= 11 is 0. The van der Waals surface area contributed by atoms with Gasteiger partial charge in [-0.05, 0) is 38.8 Å². The van der Waals surface area contributed by atoms with Gasteiger partial charge in [-0.1, -0.05) is 0 Å². The van der Waals surface area contributed by atoms with E-state index in [0.29, 0.717) is 19.1 Å². The van der Waals surface area contributed by atoms with Crippen LogP contribution in [0.5, 0.6) is 0 Å². The molecule has 0 N–H and O–H groups in total. The molecule has 0 aromatic rings. The SMILES string of the molecule is CCOC(=O)CN1CCC(CN2CCN(C=O)CC2)CC1. The largest absolute Gasteiger partial charge is 0.465 e. The van der Waals surface area contributed by atoms with Crippen LogP contribution in [0.15, 0.2) is 0 Å². The van der Waals surface area contributed by atoms with Gasteiger partial charge in [0.1, 0.15) is 0 Å². The highest BCUT2D eigenvalue weighted by Crippen LogP contribution is 2.19. The lowest BCUT2D eigenvalue weighted by atomic mass is 9.96. The zero-order chi connectivity index (χ0) is 15.1. The number of amides is 1. The first-order valence-electron chi connectivity index (χ1n) is 8.01. The first-order chi connectivity index (χ1) is 10.2. The quantitative estimate of drug-likeness (QED) is 0.512. The van der Waals surface area contributed by atoms with Gasteiger partial charge in [0.05, 0.1) is 13.2 Å². The van der Waals surface area contributed by atoms with Gasteiger partial charge in [0.2, 0.25) is 6.41 Å². The van der Waals surface area contributed by atoms with E-state index in [1.807, 2.05) is 11.8 Å². The first kappa shape index (κ1) is 16.2. The monoisotopic (exact) mass is 297 g/mol. The third-order valence-corrected chi connectivity index (χ3v) is 4.44. The van der Waals surface area contributed by atoms with Crippen LogP contribution < -0.4 is 0 Å². The Morgan fingerprint density at radius 1 is 1.10 bits per heavy atom. The molecule has 2 heterocycles.